The van der Waals surface area contributed by atoms with E-state index in [0.717, 1.165) is 0 Å². The number of halogens is 1. The van der Waals surface area contributed by atoms with E-state index in [4.69, 9.17) is 4.74 Å². The number of carbonyl (C=O) groups is 1. The Morgan fingerprint density at radius 2 is 2.00 bits per heavy atom. The van der Waals surface area contributed by atoms with Crippen molar-refractivity contribution in [3.63, 3.8) is 0 Å². The summed E-state index contributed by atoms with van der Waals surface area (Å²) in [7, 11) is 0. The Morgan fingerprint density at radius 1 is 1.27 bits per heavy atom. The average molecular weight is 308 g/mol. The molecule has 0 bridgehead atoms. The van der Waals surface area contributed by atoms with Gasteiger partial charge in [0.05, 0.1) is 25.4 Å². The zero-order valence-electron chi connectivity index (χ0n) is 12.7. The molecule has 0 radical (unpaired) electrons. The van der Waals surface area contributed by atoms with E-state index in [-0.39, 0.29) is 17.8 Å². The molecule has 2 aliphatic heterocycles. The number of aliphatic hydroxyl groups excluding tert-OH is 1. The number of carbonyl (C=O) groups excluding carboxylic acids is 1. The highest BCUT2D eigenvalue weighted by Gasteiger charge is 2.34. The first-order chi connectivity index (χ1) is 10.6. The lowest BCUT2D eigenvalue weighted by atomic mass is 10.1. The molecule has 6 heteroatoms. The summed E-state index contributed by atoms with van der Waals surface area (Å²) in [5.74, 6) is -0.488. The van der Waals surface area contributed by atoms with Crippen LogP contribution in [0.25, 0.3) is 0 Å². The second-order valence-corrected chi connectivity index (χ2v) is 5.96. The quantitative estimate of drug-likeness (QED) is 0.872. The first-order valence-electron chi connectivity index (χ1n) is 7.61. The van der Waals surface area contributed by atoms with Gasteiger partial charge in [0.25, 0.3) is 5.91 Å². The van der Waals surface area contributed by atoms with Gasteiger partial charge in [-0.2, -0.15) is 0 Å². The number of piperazine rings is 1. The third-order valence-electron chi connectivity index (χ3n) is 4.51. The summed E-state index contributed by atoms with van der Waals surface area (Å²) in [6.45, 7) is 5.16. The highest BCUT2D eigenvalue weighted by Crippen LogP contribution is 2.17. The van der Waals surface area contributed by atoms with Crippen LogP contribution in [0.4, 0.5) is 4.39 Å². The predicted octanol–water partition coefficient (Wildman–Crippen LogP) is 0.652. The second-order valence-electron chi connectivity index (χ2n) is 5.96. The van der Waals surface area contributed by atoms with Crippen LogP contribution in [0.2, 0.25) is 0 Å². The van der Waals surface area contributed by atoms with Crippen molar-refractivity contribution in [3.8, 4) is 0 Å². The van der Waals surface area contributed by atoms with Crippen LogP contribution >= 0.6 is 0 Å². The highest BCUT2D eigenvalue weighted by molar-refractivity contribution is 5.94. The number of hydrogen-bond donors (Lipinski definition) is 1. The molecular formula is C16H21FN2O3. The SMILES string of the molecule is Cc1ccc(C(=O)N2CCN([C@H]3COC[C@H]3O)CC2)cc1F. The van der Waals surface area contributed by atoms with Crippen molar-refractivity contribution in [2.75, 3.05) is 39.4 Å². The summed E-state index contributed by atoms with van der Waals surface area (Å²) < 4.78 is 18.9. The van der Waals surface area contributed by atoms with Crippen molar-refractivity contribution in [1.82, 2.24) is 9.80 Å². The van der Waals surface area contributed by atoms with Gasteiger partial charge in [-0.15, -0.1) is 0 Å². The Hall–Kier alpha value is -1.50. The molecule has 2 saturated heterocycles. The highest BCUT2D eigenvalue weighted by atomic mass is 19.1. The number of benzene rings is 1. The Balaban J connectivity index is 1.61. The van der Waals surface area contributed by atoms with Gasteiger partial charge in [0.2, 0.25) is 0 Å². The molecule has 5 nitrogen and oxygen atoms in total. The van der Waals surface area contributed by atoms with Crippen molar-refractivity contribution in [2.24, 2.45) is 0 Å². The van der Waals surface area contributed by atoms with Crippen molar-refractivity contribution in [1.29, 1.82) is 0 Å². The van der Waals surface area contributed by atoms with Crippen LogP contribution in [0.5, 0.6) is 0 Å². The van der Waals surface area contributed by atoms with Gasteiger partial charge in [-0.1, -0.05) is 6.07 Å². The fourth-order valence-electron chi connectivity index (χ4n) is 3.05. The van der Waals surface area contributed by atoms with Gasteiger partial charge in [-0.25, -0.2) is 4.39 Å². The van der Waals surface area contributed by atoms with Gasteiger partial charge in [0, 0.05) is 31.7 Å². The van der Waals surface area contributed by atoms with Crippen LogP contribution < -0.4 is 0 Å². The monoisotopic (exact) mass is 308 g/mol. The molecule has 0 aromatic heterocycles. The Bertz CT molecular complexity index is 558. The van der Waals surface area contributed by atoms with Gasteiger partial charge >= 0.3 is 0 Å². The van der Waals surface area contributed by atoms with Gasteiger partial charge in [-0.3, -0.25) is 9.69 Å². The maximum atomic E-state index is 13.6. The summed E-state index contributed by atoms with van der Waals surface area (Å²) in [5.41, 5.74) is 0.928. The zero-order chi connectivity index (χ0) is 15.7. The molecule has 120 valence electrons. The molecule has 0 unspecified atom stereocenters. The lowest BCUT2D eigenvalue weighted by Crippen LogP contribution is -2.54. The molecule has 1 aromatic carbocycles. The maximum absolute atomic E-state index is 13.6. The molecule has 22 heavy (non-hydrogen) atoms. The molecule has 2 heterocycles. The Morgan fingerprint density at radius 3 is 2.59 bits per heavy atom. The summed E-state index contributed by atoms with van der Waals surface area (Å²) in [4.78, 5) is 16.3. The Labute approximate surface area is 129 Å². The molecule has 0 spiro atoms. The van der Waals surface area contributed by atoms with Crippen molar-refractivity contribution >= 4 is 5.91 Å². The number of amides is 1. The molecule has 1 N–H and O–H groups in total. The number of aryl methyl sites for hydroxylation is 1. The van der Waals surface area contributed by atoms with Crippen LogP contribution in [-0.2, 0) is 4.74 Å². The van der Waals surface area contributed by atoms with Gasteiger partial charge < -0.3 is 14.7 Å². The largest absolute Gasteiger partial charge is 0.389 e. The van der Waals surface area contributed by atoms with Crippen molar-refractivity contribution in [2.45, 2.75) is 19.1 Å². The average Bonchev–Trinajstić information content (AvgIpc) is 2.95. The van der Waals surface area contributed by atoms with Gasteiger partial charge in [0.1, 0.15) is 5.82 Å². The first-order valence-corrected chi connectivity index (χ1v) is 7.61. The Kier molecular flexibility index (Phi) is 4.42. The smallest absolute Gasteiger partial charge is 0.254 e. The molecular weight excluding hydrogens is 287 g/mol. The fourth-order valence-corrected chi connectivity index (χ4v) is 3.05. The van der Waals surface area contributed by atoms with Crippen LogP contribution in [0, 0.1) is 12.7 Å². The second kappa shape index (κ2) is 6.32. The van der Waals surface area contributed by atoms with E-state index >= 15 is 0 Å². The standard InChI is InChI=1S/C16H21FN2O3/c1-11-2-3-12(8-13(11)17)16(21)19-6-4-18(5-7-19)14-9-22-10-15(14)20/h2-3,8,14-15,20H,4-7,9-10H2,1H3/t14-,15+/m0/s1. The minimum Gasteiger partial charge on any atom is -0.389 e. The molecule has 0 saturated carbocycles. The third-order valence-corrected chi connectivity index (χ3v) is 4.51. The molecule has 1 amide bonds. The zero-order valence-corrected chi connectivity index (χ0v) is 12.7. The van der Waals surface area contributed by atoms with E-state index < -0.39 is 6.10 Å². The van der Waals surface area contributed by atoms with Crippen molar-refractivity contribution < 1.29 is 19.0 Å². The lowest BCUT2D eigenvalue weighted by molar-refractivity contribution is 0.0375. The predicted molar refractivity (Wildman–Crippen MR) is 79.2 cm³/mol. The maximum Gasteiger partial charge on any atom is 0.254 e. The number of rotatable bonds is 2. The van der Waals surface area contributed by atoms with E-state index in [2.05, 4.69) is 4.90 Å². The fraction of sp³-hybridized carbons (Fsp3) is 0.562. The van der Waals surface area contributed by atoms with Crippen LogP contribution in [0.1, 0.15) is 15.9 Å². The first kappa shape index (κ1) is 15.4. The number of aliphatic hydroxyl groups is 1. The van der Waals surface area contributed by atoms with E-state index in [1.807, 2.05) is 0 Å². The van der Waals surface area contributed by atoms with Crippen LogP contribution in [0.15, 0.2) is 18.2 Å². The van der Waals surface area contributed by atoms with E-state index in [9.17, 15) is 14.3 Å². The van der Waals surface area contributed by atoms with Crippen LogP contribution in [-0.4, -0.2) is 72.4 Å². The van der Waals surface area contributed by atoms with E-state index in [1.54, 1.807) is 24.0 Å². The normalized spacial score (nSPS) is 26.4. The van der Waals surface area contributed by atoms with Crippen molar-refractivity contribution in [3.05, 3.63) is 35.1 Å². The van der Waals surface area contributed by atoms with E-state index in [1.165, 1.54) is 6.07 Å². The van der Waals surface area contributed by atoms with Crippen LogP contribution in [0.3, 0.4) is 0 Å². The number of ether oxygens (including phenoxy) is 1. The number of hydrogen-bond acceptors (Lipinski definition) is 4. The molecule has 2 fully saturated rings. The minimum absolute atomic E-state index is 0.0223. The molecule has 1 aromatic rings. The topological polar surface area (TPSA) is 53.0 Å². The third kappa shape index (κ3) is 2.99. The molecule has 2 aliphatic rings. The number of nitrogens with zero attached hydrogens (tertiary/aromatic N) is 2. The van der Waals surface area contributed by atoms with E-state index in [0.29, 0.717) is 50.5 Å². The van der Waals surface area contributed by atoms with Gasteiger partial charge in [0.15, 0.2) is 0 Å². The molecule has 0 aliphatic carbocycles. The van der Waals surface area contributed by atoms with Gasteiger partial charge in [-0.05, 0) is 24.6 Å². The summed E-state index contributed by atoms with van der Waals surface area (Å²) in [6.07, 6.45) is -0.451. The lowest BCUT2D eigenvalue weighted by Gasteiger charge is -2.38. The summed E-state index contributed by atoms with van der Waals surface area (Å²) >= 11 is 0. The summed E-state index contributed by atoms with van der Waals surface area (Å²) in [6, 6.07) is 4.62. The summed E-state index contributed by atoms with van der Waals surface area (Å²) in [5, 5.41) is 9.86. The minimum atomic E-state index is -0.451. The molecule has 3 rings (SSSR count). The molecule has 2 atom stereocenters.